The number of hydrogen-bond acceptors (Lipinski definition) is 2. The van der Waals surface area contributed by atoms with Gasteiger partial charge in [0.2, 0.25) is 0 Å². The summed E-state index contributed by atoms with van der Waals surface area (Å²) in [5.41, 5.74) is 0. The molecule has 0 aliphatic carbocycles. The SMILES string of the molecule is CN1CC[C@@H](N(C)S(C)=O)C1. The fourth-order valence-corrected chi connectivity index (χ4v) is 2.01. The molecule has 0 aromatic rings. The number of hydrogen-bond donors (Lipinski definition) is 0. The van der Waals surface area contributed by atoms with Crippen molar-refractivity contribution in [2.45, 2.75) is 12.5 Å². The van der Waals surface area contributed by atoms with Crippen LogP contribution < -0.4 is 0 Å². The maximum atomic E-state index is 11.1. The van der Waals surface area contributed by atoms with Gasteiger partial charge in [0.25, 0.3) is 0 Å². The number of nitrogens with zero attached hydrogens (tertiary/aromatic N) is 2. The van der Waals surface area contributed by atoms with Gasteiger partial charge in [-0.15, -0.1) is 0 Å². The Hall–Kier alpha value is 0.0700. The molecule has 1 unspecified atom stereocenters. The van der Waals surface area contributed by atoms with Crippen molar-refractivity contribution < 1.29 is 4.21 Å². The quantitative estimate of drug-likeness (QED) is 0.587. The minimum Gasteiger partial charge on any atom is -0.305 e. The molecule has 1 fully saturated rings. The second kappa shape index (κ2) is 3.65. The summed E-state index contributed by atoms with van der Waals surface area (Å²) in [7, 11) is 3.23. The van der Waals surface area contributed by atoms with E-state index in [0.717, 1.165) is 19.5 Å². The topological polar surface area (TPSA) is 23.6 Å². The molecule has 0 bridgehead atoms. The molecule has 0 spiro atoms. The van der Waals surface area contributed by atoms with Gasteiger partial charge in [0.1, 0.15) is 0 Å². The summed E-state index contributed by atoms with van der Waals surface area (Å²) < 4.78 is 13.0. The largest absolute Gasteiger partial charge is 0.305 e. The van der Waals surface area contributed by atoms with Crippen LogP contribution in [0.1, 0.15) is 6.42 Å². The highest BCUT2D eigenvalue weighted by Crippen LogP contribution is 2.12. The zero-order valence-electron chi connectivity index (χ0n) is 7.41. The third-order valence-corrected chi connectivity index (χ3v) is 3.40. The second-order valence-electron chi connectivity index (χ2n) is 3.17. The molecule has 1 saturated heterocycles. The molecule has 1 aliphatic heterocycles. The van der Waals surface area contributed by atoms with Gasteiger partial charge in [-0.3, -0.25) is 0 Å². The molecular formula is C7H16N2OS. The van der Waals surface area contributed by atoms with Gasteiger partial charge >= 0.3 is 0 Å². The van der Waals surface area contributed by atoms with E-state index in [4.69, 9.17) is 0 Å². The molecular weight excluding hydrogens is 160 g/mol. The van der Waals surface area contributed by atoms with Gasteiger partial charge in [0, 0.05) is 25.9 Å². The Kier molecular flexibility index (Phi) is 3.04. The van der Waals surface area contributed by atoms with Gasteiger partial charge in [0.05, 0.1) is 11.0 Å². The average Bonchev–Trinajstić information content (AvgIpc) is 2.34. The van der Waals surface area contributed by atoms with Gasteiger partial charge in [-0.2, -0.15) is 0 Å². The van der Waals surface area contributed by atoms with Gasteiger partial charge in [-0.1, -0.05) is 0 Å². The summed E-state index contributed by atoms with van der Waals surface area (Å²) >= 11 is 0. The first-order valence-electron chi connectivity index (χ1n) is 3.86. The Morgan fingerprint density at radius 3 is 2.64 bits per heavy atom. The highest BCUT2D eigenvalue weighted by molar-refractivity contribution is 7.81. The molecule has 1 aliphatic rings. The Bertz CT molecular complexity index is 163. The highest BCUT2D eigenvalue weighted by atomic mass is 32.2. The van der Waals surface area contributed by atoms with Crippen LogP contribution >= 0.6 is 0 Å². The zero-order valence-corrected chi connectivity index (χ0v) is 8.23. The van der Waals surface area contributed by atoms with Crippen LogP contribution in [0, 0.1) is 0 Å². The molecule has 0 amide bonds. The average molecular weight is 176 g/mol. The van der Waals surface area contributed by atoms with E-state index in [0.29, 0.717) is 6.04 Å². The van der Waals surface area contributed by atoms with E-state index in [1.54, 1.807) is 6.26 Å². The highest BCUT2D eigenvalue weighted by Gasteiger charge is 2.24. The maximum absolute atomic E-state index is 11.1. The molecule has 11 heavy (non-hydrogen) atoms. The zero-order chi connectivity index (χ0) is 8.43. The summed E-state index contributed by atoms with van der Waals surface area (Å²) in [5, 5.41) is 0. The second-order valence-corrected chi connectivity index (χ2v) is 4.60. The first-order chi connectivity index (χ1) is 5.11. The molecule has 2 atom stereocenters. The van der Waals surface area contributed by atoms with Crippen LogP contribution in [-0.2, 0) is 11.0 Å². The third-order valence-electron chi connectivity index (χ3n) is 2.29. The standard InChI is InChI=1S/C7H16N2OS/c1-8-5-4-7(6-8)9(2)11(3)10/h7H,4-6H2,1-3H3/t7-,11?/m1/s1. The van der Waals surface area contributed by atoms with Crippen LogP contribution in [0.5, 0.6) is 0 Å². The van der Waals surface area contributed by atoms with E-state index >= 15 is 0 Å². The molecule has 4 heteroatoms. The predicted molar refractivity (Wildman–Crippen MR) is 47.7 cm³/mol. The van der Waals surface area contributed by atoms with E-state index in [9.17, 15) is 4.21 Å². The lowest BCUT2D eigenvalue weighted by molar-refractivity contribution is 0.358. The van der Waals surface area contributed by atoms with E-state index in [1.807, 2.05) is 11.4 Å². The Morgan fingerprint density at radius 2 is 2.27 bits per heavy atom. The minimum absolute atomic E-state index is 0.492. The number of likely N-dealkylation sites (N-methyl/N-ethyl adjacent to an activating group) is 2. The van der Waals surface area contributed by atoms with E-state index in [1.165, 1.54) is 0 Å². The molecule has 0 aromatic carbocycles. The maximum Gasteiger partial charge on any atom is 0.0911 e. The molecule has 0 saturated carbocycles. The summed E-state index contributed by atoms with van der Waals surface area (Å²) in [5.74, 6) is 0. The van der Waals surface area contributed by atoms with E-state index < -0.39 is 11.0 Å². The normalized spacial score (nSPS) is 29.6. The Morgan fingerprint density at radius 1 is 1.64 bits per heavy atom. The van der Waals surface area contributed by atoms with Crippen molar-refractivity contribution in [1.29, 1.82) is 0 Å². The van der Waals surface area contributed by atoms with Gasteiger partial charge in [-0.25, -0.2) is 8.51 Å². The van der Waals surface area contributed by atoms with Crippen LogP contribution in [-0.4, -0.2) is 52.9 Å². The lowest BCUT2D eigenvalue weighted by Crippen LogP contribution is -2.34. The van der Waals surface area contributed by atoms with Crippen LogP contribution in [0.25, 0.3) is 0 Å². The Labute approximate surface area is 71.0 Å². The van der Waals surface area contributed by atoms with Crippen molar-refractivity contribution in [1.82, 2.24) is 9.21 Å². The molecule has 0 aromatic heterocycles. The summed E-state index contributed by atoms with van der Waals surface area (Å²) in [6.07, 6.45) is 2.88. The number of likely N-dealkylation sites (tertiary alicyclic amines) is 1. The van der Waals surface area contributed by atoms with Crippen molar-refractivity contribution in [3.05, 3.63) is 0 Å². The minimum atomic E-state index is -0.808. The lowest BCUT2D eigenvalue weighted by Gasteiger charge is -2.20. The van der Waals surface area contributed by atoms with Gasteiger partial charge in [-0.05, 0) is 20.0 Å². The smallest absolute Gasteiger partial charge is 0.0911 e. The van der Waals surface area contributed by atoms with E-state index in [-0.39, 0.29) is 0 Å². The van der Waals surface area contributed by atoms with Crippen molar-refractivity contribution >= 4 is 11.0 Å². The number of rotatable bonds is 2. The third kappa shape index (κ3) is 2.25. The van der Waals surface area contributed by atoms with E-state index in [2.05, 4.69) is 11.9 Å². The van der Waals surface area contributed by atoms with Crippen molar-refractivity contribution in [3.8, 4) is 0 Å². The van der Waals surface area contributed by atoms with Crippen molar-refractivity contribution in [3.63, 3.8) is 0 Å². The predicted octanol–water partition coefficient (Wildman–Crippen LogP) is -0.0842. The molecule has 66 valence electrons. The van der Waals surface area contributed by atoms with Gasteiger partial charge in [0.15, 0.2) is 0 Å². The monoisotopic (exact) mass is 176 g/mol. The molecule has 0 N–H and O–H groups in total. The first-order valence-corrected chi connectivity index (χ1v) is 5.37. The summed E-state index contributed by atoms with van der Waals surface area (Å²) in [6, 6.07) is 0.492. The van der Waals surface area contributed by atoms with Crippen molar-refractivity contribution in [2.24, 2.45) is 0 Å². The fraction of sp³-hybridized carbons (Fsp3) is 1.00. The summed E-state index contributed by atoms with van der Waals surface area (Å²) in [6.45, 7) is 2.18. The molecule has 0 radical (unpaired) electrons. The van der Waals surface area contributed by atoms with Crippen LogP contribution in [0.4, 0.5) is 0 Å². The van der Waals surface area contributed by atoms with Crippen LogP contribution in [0.2, 0.25) is 0 Å². The molecule has 3 nitrogen and oxygen atoms in total. The Balaban J connectivity index is 2.43. The fourth-order valence-electron chi connectivity index (χ4n) is 1.42. The first kappa shape index (κ1) is 9.16. The molecule has 1 rings (SSSR count). The van der Waals surface area contributed by atoms with Crippen molar-refractivity contribution in [2.75, 3.05) is 33.4 Å². The molecule has 1 heterocycles. The van der Waals surface area contributed by atoms with Crippen LogP contribution in [0.3, 0.4) is 0 Å². The van der Waals surface area contributed by atoms with Crippen LogP contribution in [0.15, 0.2) is 0 Å². The lowest BCUT2D eigenvalue weighted by atomic mass is 10.3. The summed E-state index contributed by atoms with van der Waals surface area (Å²) in [4.78, 5) is 2.27. The van der Waals surface area contributed by atoms with Gasteiger partial charge < -0.3 is 4.90 Å².